The number of nitrogens with zero attached hydrogens (tertiary/aromatic N) is 8. The summed E-state index contributed by atoms with van der Waals surface area (Å²) in [6, 6.07) is 11.0. The van der Waals surface area contributed by atoms with E-state index in [0.29, 0.717) is 19.3 Å². The highest BCUT2D eigenvalue weighted by Crippen LogP contribution is 2.31. The van der Waals surface area contributed by atoms with E-state index in [1.807, 2.05) is 6.07 Å². The Labute approximate surface area is 201 Å². The van der Waals surface area contributed by atoms with Crippen LogP contribution in [0.5, 0.6) is 0 Å². The molecule has 0 amide bonds. The summed E-state index contributed by atoms with van der Waals surface area (Å²) < 4.78 is 5.60. The van der Waals surface area contributed by atoms with Crippen molar-refractivity contribution in [2.45, 2.75) is 25.4 Å². The SMILES string of the molecule is CN(Cc1ccccc1)c1ncnc2c(N3CCOCC3)nc(N3CCC(N(C)C)CC3)nc12. The number of aromatic nitrogens is 4. The van der Waals surface area contributed by atoms with E-state index in [2.05, 4.69) is 75.0 Å². The van der Waals surface area contributed by atoms with Crippen molar-refractivity contribution in [3.63, 3.8) is 0 Å². The summed E-state index contributed by atoms with van der Waals surface area (Å²) in [6.07, 6.45) is 3.84. The number of hydrogen-bond acceptors (Lipinski definition) is 9. The molecule has 5 rings (SSSR count). The maximum atomic E-state index is 5.60. The predicted molar refractivity (Wildman–Crippen MR) is 136 cm³/mol. The maximum absolute atomic E-state index is 5.60. The number of rotatable bonds is 6. The smallest absolute Gasteiger partial charge is 0.228 e. The van der Waals surface area contributed by atoms with E-state index in [-0.39, 0.29) is 0 Å². The van der Waals surface area contributed by atoms with E-state index in [1.165, 1.54) is 5.56 Å². The molecule has 0 aliphatic carbocycles. The molecule has 2 aliphatic heterocycles. The van der Waals surface area contributed by atoms with Gasteiger partial charge < -0.3 is 24.3 Å². The monoisotopic (exact) mass is 462 g/mol. The van der Waals surface area contributed by atoms with Gasteiger partial charge in [-0.3, -0.25) is 0 Å². The van der Waals surface area contributed by atoms with Crippen molar-refractivity contribution in [3.8, 4) is 0 Å². The van der Waals surface area contributed by atoms with Gasteiger partial charge in [0.1, 0.15) is 17.4 Å². The summed E-state index contributed by atoms with van der Waals surface area (Å²) in [6.45, 7) is 5.62. The van der Waals surface area contributed by atoms with Gasteiger partial charge in [-0.1, -0.05) is 30.3 Å². The summed E-state index contributed by atoms with van der Waals surface area (Å²) in [5.41, 5.74) is 2.84. The first-order chi connectivity index (χ1) is 16.6. The van der Waals surface area contributed by atoms with Crippen LogP contribution >= 0.6 is 0 Å². The second-order valence-electron chi connectivity index (χ2n) is 9.36. The summed E-state index contributed by atoms with van der Waals surface area (Å²) in [7, 11) is 6.39. The number of morpholine rings is 1. The molecule has 0 spiro atoms. The molecule has 0 atom stereocenters. The number of fused-ring (bicyclic) bond motifs is 1. The Morgan fingerprint density at radius 3 is 2.32 bits per heavy atom. The average molecular weight is 463 g/mol. The second kappa shape index (κ2) is 10.1. The van der Waals surface area contributed by atoms with Crippen molar-refractivity contribution in [3.05, 3.63) is 42.2 Å². The summed E-state index contributed by atoms with van der Waals surface area (Å²) in [4.78, 5) is 28.5. The van der Waals surface area contributed by atoms with E-state index >= 15 is 0 Å². The summed E-state index contributed by atoms with van der Waals surface area (Å²) in [5.74, 6) is 2.49. The number of ether oxygens (including phenoxy) is 1. The fraction of sp³-hybridized carbons (Fsp3) is 0.520. The summed E-state index contributed by atoms with van der Waals surface area (Å²) >= 11 is 0. The highest BCUT2D eigenvalue weighted by atomic mass is 16.5. The van der Waals surface area contributed by atoms with E-state index in [1.54, 1.807) is 6.33 Å². The quantitative estimate of drug-likeness (QED) is 0.549. The fourth-order valence-electron chi connectivity index (χ4n) is 4.84. The molecule has 2 fully saturated rings. The number of piperidine rings is 1. The Morgan fingerprint density at radius 1 is 0.882 bits per heavy atom. The second-order valence-corrected chi connectivity index (χ2v) is 9.36. The Morgan fingerprint density at radius 2 is 1.62 bits per heavy atom. The third-order valence-electron chi connectivity index (χ3n) is 6.84. The highest BCUT2D eigenvalue weighted by Gasteiger charge is 2.26. The molecule has 0 N–H and O–H groups in total. The zero-order valence-corrected chi connectivity index (χ0v) is 20.4. The van der Waals surface area contributed by atoms with Crippen LogP contribution in [0.3, 0.4) is 0 Å². The van der Waals surface area contributed by atoms with Crippen molar-refractivity contribution in [1.82, 2.24) is 24.8 Å². The average Bonchev–Trinajstić information content (AvgIpc) is 2.89. The minimum Gasteiger partial charge on any atom is -0.378 e. The van der Waals surface area contributed by atoms with Gasteiger partial charge in [-0.15, -0.1) is 0 Å². The van der Waals surface area contributed by atoms with E-state index in [9.17, 15) is 0 Å². The molecule has 9 heteroatoms. The molecule has 4 heterocycles. The molecule has 2 aliphatic rings. The third-order valence-corrected chi connectivity index (χ3v) is 6.84. The van der Waals surface area contributed by atoms with Crippen LogP contribution in [0.1, 0.15) is 18.4 Å². The fourth-order valence-corrected chi connectivity index (χ4v) is 4.84. The third kappa shape index (κ3) is 4.76. The molecule has 2 saturated heterocycles. The van der Waals surface area contributed by atoms with Gasteiger partial charge in [-0.2, -0.15) is 4.98 Å². The van der Waals surface area contributed by atoms with Crippen molar-refractivity contribution in [1.29, 1.82) is 0 Å². The molecule has 0 bridgehead atoms. The minimum absolute atomic E-state index is 0.603. The van der Waals surface area contributed by atoms with Gasteiger partial charge in [-0.05, 0) is 32.5 Å². The Balaban J connectivity index is 1.54. The molecular formula is C25H34N8O. The van der Waals surface area contributed by atoms with Gasteiger partial charge in [0.2, 0.25) is 5.95 Å². The lowest BCUT2D eigenvalue weighted by molar-refractivity contribution is 0.122. The Hall–Kier alpha value is -3.04. The molecule has 34 heavy (non-hydrogen) atoms. The molecule has 0 saturated carbocycles. The molecule has 3 aromatic rings. The van der Waals surface area contributed by atoms with Crippen LogP contribution in [0.25, 0.3) is 11.0 Å². The van der Waals surface area contributed by atoms with Gasteiger partial charge in [0, 0.05) is 45.8 Å². The maximum Gasteiger partial charge on any atom is 0.228 e. The van der Waals surface area contributed by atoms with Crippen LogP contribution in [-0.2, 0) is 11.3 Å². The number of anilines is 3. The van der Waals surface area contributed by atoms with Crippen LogP contribution in [0, 0.1) is 0 Å². The Kier molecular flexibility index (Phi) is 6.73. The highest BCUT2D eigenvalue weighted by molar-refractivity contribution is 5.94. The molecular weight excluding hydrogens is 428 g/mol. The first kappa shape index (κ1) is 22.7. The van der Waals surface area contributed by atoms with Crippen LogP contribution in [-0.4, -0.2) is 91.4 Å². The van der Waals surface area contributed by atoms with Gasteiger partial charge >= 0.3 is 0 Å². The van der Waals surface area contributed by atoms with Crippen molar-refractivity contribution in [2.24, 2.45) is 0 Å². The van der Waals surface area contributed by atoms with Crippen LogP contribution in [0.15, 0.2) is 36.7 Å². The number of hydrogen-bond donors (Lipinski definition) is 0. The van der Waals surface area contributed by atoms with Crippen LogP contribution in [0.4, 0.5) is 17.6 Å². The zero-order chi connectivity index (χ0) is 23.5. The molecule has 180 valence electrons. The van der Waals surface area contributed by atoms with Gasteiger partial charge in [0.25, 0.3) is 0 Å². The van der Waals surface area contributed by atoms with Crippen molar-refractivity contribution >= 4 is 28.6 Å². The van der Waals surface area contributed by atoms with Crippen LogP contribution in [0.2, 0.25) is 0 Å². The minimum atomic E-state index is 0.603. The normalized spacial score (nSPS) is 17.5. The topological polar surface area (TPSA) is 73.8 Å². The lowest BCUT2D eigenvalue weighted by Crippen LogP contribution is -2.43. The lowest BCUT2D eigenvalue weighted by atomic mass is 10.0. The largest absolute Gasteiger partial charge is 0.378 e. The van der Waals surface area contributed by atoms with Crippen LogP contribution < -0.4 is 14.7 Å². The molecule has 0 unspecified atom stereocenters. The molecule has 2 aromatic heterocycles. The Bertz CT molecular complexity index is 1090. The number of benzene rings is 1. The van der Waals surface area contributed by atoms with Gasteiger partial charge in [0.15, 0.2) is 11.6 Å². The molecule has 1 aromatic carbocycles. The molecule has 9 nitrogen and oxygen atoms in total. The van der Waals surface area contributed by atoms with Crippen molar-refractivity contribution in [2.75, 3.05) is 75.2 Å². The van der Waals surface area contributed by atoms with Crippen molar-refractivity contribution < 1.29 is 4.74 Å². The predicted octanol–water partition coefficient (Wildman–Crippen LogP) is 2.42. The van der Waals surface area contributed by atoms with E-state index in [0.717, 1.165) is 74.2 Å². The lowest BCUT2D eigenvalue weighted by Gasteiger charge is -2.36. The van der Waals surface area contributed by atoms with E-state index < -0.39 is 0 Å². The first-order valence-electron chi connectivity index (χ1n) is 12.1. The standard InChI is InChI=1S/C25H34N8O/c1-30(2)20-9-11-33(12-10-20)25-28-22-21(24(29-25)32-13-15-34-16-14-32)26-18-27-23(22)31(3)17-19-7-5-4-6-8-19/h4-8,18,20H,9-17H2,1-3H3. The summed E-state index contributed by atoms with van der Waals surface area (Å²) in [5, 5.41) is 0. The van der Waals surface area contributed by atoms with E-state index in [4.69, 9.17) is 14.7 Å². The van der Waals surface area contributed by atoms with Gasteiger partial charge in [0.05, 0.1) is 13.2 Å². The molecule has 0 radical (unpaired) electrons. The zero-order valence-electron chi connectivity index (χ0n) is 20.4. The van der Waals surface area contributed by atoms with Gasteiger partial charge in [-0.25, -0.2) is 15.0 Å². The first-order valence-corrected chi connectivity index (χ1v) is 12.1.